The molecule has 18 heavy (non-hydrogen) atoms. The van der Waals surface area contributed by atoms with E-state index in [1.807, 2.05) is 19.9 Å². The molecule has 0 radical (unpaired) electrons. The van der Waals surface area contributed by atoms with E-state index in [2.05, 4.69) is 0 Å². The number of nitrogens with two attached hydrogens (primary N) is 2. The summed E-state index contributed by atoms with van der Waals surface area (Å²) in [7, 11) is 1.57. The Morgan fingerprint density at radius 2 is 2.06 bits per heavy atom. The zero-order valence-corrected chi connectivity index (χ0v) is 11.8. The molecule has 1 rings (SSSR count). The van der Waals surface area contributed by atoms with Crippen LogP contribution in [-0.4, -0.2) is 24.8 Å². The minimum Gasteiger partial charge on any atom is -0.496 e. The Labute approximate surface area is 113 Å². The Kier molecular flexibility index (Phi) is 5.41. The van der Waals surface area contributed by atoms with Crippen LogP contribution in [0.4, 0.5) is 0 Å². The largest absolute Gasteiger partial charge is 0.496 e. The molecule has 102 valence electrons. The van der Waals surface area contributed by atoms with Gasteiger partial charge in [-0.25, -0.2) is 0 Å². The van der Waals surface area contributed by atoms with Crippen molar-refractivity contribution in [1.82, 2.24) is 0 Å². The Hall–Kier alpha value is -0.810. The molecule has 2 atom stereocenters. The summed E-state index contributed by atoms with van der Waals surface area (Å²) in [6.07, 6.45) is -0.295. The molecule has 0 saturated heterocycles. The number of methoxy groups -OCH3 is 1. The second-order valence-corrected chi connectivity index (χ2v) is 4.84. The second kappa shape index (κ2) is 6.38. The van der Waals surface area contributed by atoms with Crippen LogP contribution in [-0.2, 0) is 0 Å². The number of ether oxygens (including phenoxy) is 1. The Morgan fingerprint density at radius 3 is 2.56 bits per heavy atom. The molecule has 0 aliphatic heterocycles. The van der Waals surface area contributed by atoms with Gasteiger partial charge in [0.25, 0.3) is 0 Å². The molecule has 2 unspecified atom stereocenters. The summed E-state index contributed by atoms with van der Waals surface area (Å²) in [5, 5.41) is 10.9. The van der Waals surface area contributed by atoms with Crippen molar-refractivity contribution in [3.8, 4) is 5.75 Å². The molecule has 0 aliphatic rings. The number of aryl methyl sites for hydroxylation is 1. The maximum Gasteiger partial charge on any atom is 0.127 e. The van der Waals surface area contributed by atoms with Gasteiger partial charge in [-0.1, -0.05) is 11.6 Å². The van der Waals surface area contributed by atoms with Crippen molar-refractivity contribution >= 4 is 11.6 Å². The van der Waals surface area contributed by atoms with Crippen molar-refractivity contribution in [2.75, 3.05) is 13.7 Å². The van der Waals surface area contributed by atoms with E-state index in [0.29, 0.717) is 29.3 Å². The summed E-state index contributed by atoms with van der Waals surface area (Å²) in [4.78, 5) is 0. The van der Waals surface area contributed by atoms with Crippen LogP contribution in [0.5, 0.6) is 5.75 Å². The van der Waals surface area contributed by atoms with E-state index >= 15 is 0 Å². The van der Waals surface area contributed by atoms with Crippen LogP contribution in [0.1, 0.15) is 29.2 Å². The van der Waals surface area contributed by atoms with Gasteiger partial charge in [-0.3, -0.25) is 0 Å². The molecule has 0 heterocycles. The highest BCUT2D eigenvalue weighted by atomic mass is 35.5. The van der Waals surface area contributed by atoms with Crippen molar-refractivity contribution in [1.29, 1.82) is 0 Å². The number of rotatable bonds is 5. The zero-order chi connectivity index (χ0) is 13.9. The zero-order valence-electron chi connectivity index (χ0n) is 11.0. The predicted octanol–water partition coefficient (Wildman–Crippen LogP) is 1.67. The molecule has 5 heteroatoms. The molecule has 0 amide bonds. The Bertz CT molecular complexity index is 424. The van der Waals surface area contributed by atoms with Gasteiger partial charge in [-0.05, 0) is 44.0 Å². The summed E-state index contributed by atoms with van der Waals surface area (Å²) >= 11 is 6.14. The van der Waals surface area contributed by atoms with Crippen molar-refractivity contribution in [3.63, 3.8) is 0 Å². The molecule has 4 nitrogen and oxygen atoms in total. The van der Waals surface area contributed by atoms with E-state index in [4.69, 9.17) is 27.8 Å². The van der Waals surface area contributed by atoms with Crippen LogP contribution in [0.3, 0.4) is 0 Å². The van der Waals surface area contributed by atoms with Gasteiger partial charge < -0.3 is 21.3 Å². The number of hydrogen-bond donors (Lipinski definition) is 3. The normalized spacial score (nSPS) is 14.4. The van der Waals surface area contributed by atoms with E-state index in [-0.39, 0.29) is 0 Å². The maximum absolute atomic E-state index is 10.3. The highest BCUT2D eigenvalue weighted by molar-refractivity contribution is 6.31. The molecule has 0 bridgehead atoms. The molecule has 0 fully saturated rings. The van der Waals surface area contributed by atoms with Gasteiger partial charge in [0.15, 0.2) is 0 Å². The molecule has 0 spiro atoms. The number of aliphatic hydroxyl groups excluding tert-OH is 1. The second-order valence-electron chi connectivity index (χ2n) is 4.43. The third kappa shape index (κ3) is 2.95. The molecule has 5 N–H and O–H groups in total. The topological polar surface area (TPSA) is 81.5 Å². The SMILES string of the molecule is COc1c(C)cc(Cl)c(C)c1C(O)C(N)CCN. The van der Waals surface area contributed by atoms with Gasteiger partial charge in [-0.2, -0.15) is 0 Å². The monoisotopic (exact) mass is 272 g/mol. The Morgan fingerprint density at radius 1 is 1.44 bits per heavy atom. The summed E-state index contributed by atoms with van der Waals surface area (Å²) < 4.78 is 5.36. The first-order valence-electron chi connectivity index (χ1n) is 5.91. The fourth-order valence-electron chi connectivity index (χ4n) is 2.07. The van der Waals surface area contributed by atoms with Gasteiger partial charge in [0.1, 0.15) is 5.75 Å². The van der Waals surface area contributed by atoms with E-state index in [9.17, 15) is 5.11 Å². The van der Waals surface area contributed by atoms with Crippen LogP contribution in [0, 0.1) is 13.8 Å². The summed E-state index contributed by atoms with van der Waals surface area (Å²) in [5.41, 5.74) is 13.7. The third-order valence-corrected chi connectivity index (χ3v) is 3.51. The summed E-state index contributed by atoms with van der Waals surface area (Å²) in [5.74, 6) is 0.636. The number of hydrogen-bond acceptors (Lipinski definition) is 4. The first-order chi connectivity index (χ1) is 8.43. The molecule has 0 aliphatic carbocycles. The van der Waals surface area contributed by atoms with E-state index < -0.39 is 12.1 Å². The number of halogens is 1. The maximum atomic E-state index is 10.3. The molecule has 0 aromatic heterocycles. The van der Waals surface area contributed by atoms with Crippen LogP contribution in [0.2, 0.25) is 5.02 Å². The lowest BCUT2D eigenvalue weighted by Gasteiger charge is -2.24. The van der Waals surface area contributed by atoms with Gasteiger partial charge in [0.05, 0.1) is 13.2 Å². The molecule has 0 saturated carbocycles. The number of benzene rings is 1. The highest BCUT2D eigenvalue weighted by Gasteiger charge is 2.24. The first-order valence-corrected chi connectivity index (χ1v) is 6.29. The van der Waals surface area contributed by atoms with Crippen LogP contribution in [0.15, 0.2) is 6.07 Å². The van der Waals surface area contributed by atoms with Crippen LogP contribution >= 0.6 is 11.6 Å². The lowest BCUT2D eigenvalue weighted by atomic mass is 9.93. The van der Waals surface area contributed by atoms with Crippen molar-refractivity contribution in [2.24, 2.45) is 11.5 Å². The van der Waals surface area contributed by atoms with Gasteiger partial charge >= 0.3 is 0 Å². The quantitative estimate of drug-likeness (QED) is 0.762. The lowest BCUT2D eigenvalue weighted by Crippen LogP contribution is -2.31. The van der Waals surface area contributed by atoms with Crippen LogP contribution in [0.25, 0.3) is 0 Å². The highest BCUT2D eigenvalue weighted by Crippen LogP contribution is 2.37. The number of aliphatic hydroxyl groups is 1. The minimum atomic E-state index is -0.833. The van der Waals surface area contributed by atoms with Gasteiger partial charge in [-0.15, -0.1) is 0 Å². The van der Waals surface area contributed by atoms with Crippen molar-refractivity contribution in [3.05, 3.63) is 27.8 Å². The molecular weight excluding hydrogens is 252 g/mol. The fourth-order valence-corrected chi connectivity index (χ4v) is 2.33. The third-order valence-electron chi connectivity index (χ3n) is 3.11. The van der Waals surface area contributed by atoms with E-state index in [1.165, 1.54) is 0 Å². The smallest absolute Gasteiger partial charge is 0.127 e. The molecule has 1 aromatic rings. The fraction of sp³-hybridized carbons (Fsp3) is 0.538. The molecular formula is C13H21ClN2O2. The van der Waals surface area contributed by atoms with Gasteiger partial charge in [0.2, 0.25) is 0 Å². The minimum absolute atomic E-state index is 0.430. The Balaban J connectivity index is 3.28. The lowest BCUT2D eigenvalue weighted by molar-refractivity contribution is 0.139. The summed E-state index contributed by atoms with van der Waals surface area (Å²) in [6, 6.07) is 1.39. The average molecular weight is 273 g/mol. The molecule has 1 aromatic carbocycles. The van der Waals surface area contributed by atoms with E-state index in [1.54, 1.807) is 7.11 Å². The van der Waals surface area contributed by atoms with E-state index in [0.717, 1.165) is 11.1 Å². The summed E-state index contributed by atoms with van der Waals surface area (Å²) in [6.45, 7) is 4.16. The van der Waals surface area contributed by atoms with Crippen molar-refractivity contribution in [2.45, 2.75) is 32.4 Å². The van der Waals surface area contributed by atoms with Crippen LogP contribution < -0.4 is 16.2 Å². The average Bonchev–Trinajstić information content (AvgIpc) is 2.32. The van der Waals surface area contributed by atoms with Gasteiger partial charge in [0, 0.05) is 16.6 Å². The predicted molar refractivity (Wildman–Crippen MR) is 74.1 cm³/mol. The van der Waals surface area contributed by atoms with Crippen molar-refractivity contribution < 1.29 is 9.84 Å². The standard InChI is InChI=1S/C13H21ClN2O2/c1-7-6-9(14)8(2)11(13(7)18-3)12(17)10(16)4-5-15/h6,10,12,17H,4-5,15-16H2,1-3H3. The first kappa shape index (κ1) is 15.2.